The number of amides is 2. The molecular weight excluding hydrogens is 382 g/mol. The van der Waals surface area contributed by atoms with E-state index in [-0.39, 0.29) is 29.3 Å². The molecule has 0 bridgehead atoms. The number of nitrogens with zero attached hydrogens (tertiary/aromatic N) is 4. The average molecular weight is 412 g/mol. The predicted molar refractivity (Wildman–Crippen MR) is 111 cm³/mol. The van der Waals surface area contributed by atoms with Gasteiger partial charge in [-0.05, 0) is 38.5 Å². The van der Waals surface area contributed by atoms with E-state index in [1.165, 1.54) is 4.52 Å². The first-order chi connectivity index (χ1) is 14.6. The molecule has 8 heteroatoms. The van der Waals surface area contributed by atoms with Crippen molar-refractivity contribution < 1.29 is 9.59 Å². The van der Waals surface area contributed by atoms with Gasteiger partial charge in [-0.15, -0.1) is 0 Å². The van der Waals surface area contributed by atoms with E-state index in [9.17, 15) is 14.4 Å². The number of likely N-dealkylation sites (tertiary alicyclic amines) is 1. The molecule has 160 valence electrons. The number of nitrogens with one attached hydrogen (secondary N) is 1. The minimum atomic E-state index is -0.133. The fourth-order valence-electron chi connectivity index (χ4n) is 4.84. The number of H-pyrrole nitrogens is 1. The lowest BCUT2D eigenvalue weighted by Crippen LogP contribution is -2.40. The largest absolute Gasteiger partial charge is 0.338 e. The number of aromatic amines is 1. The van der Waals surface area contributed by atoms with E-state index < -0.39 is 0 Å². The van der Waals surface area contributed by atoms with Crippen LogP contribution in [0.5, 0.6) is 0 Å². The van der Waals surface area contributed by atoms with Crippen LogP contribution in [0.3, 0.4) is 0 Å². The van der Waals surface area contributed by atoms with Crippen LogP contribution in [0.2, 0.25) is 0 Å². The van der Waals surface area contributed by atoms with Crippen LogP contribution in [0.15, 0.2) is 10.9 Å². The van der Waals surface area contributed by atoms with Crippen molar-refractivity contribution in [3.63, 3.8) is 0 Å². The molecule has 2 fully saturated rings. The van der Waals surface area contributed by atoms with Crippen molar-refractivity contribution in [2.24, 2.45) is 5.92 Å². The maximum absolute atomic E-state index is 13.2. The molecule has 1 aliphatic carbocycles. The highest BCUT2D eigenvalue weighted by Crippen LogP contribution is 2.37. The molecule has 1 saturated carbocycles. The van der Waals surface area contributed by atoms with Crippen molar-refractivity contribution >= 4 is 17.5 Å². The van der Waals surface area contributed by atoms with Gasteiger partial charge in [0.2, 0.25) is 11.8 Å². The maximum atomic E-state index is 13.2. The Bertz CT molecular complexity index is 1050. The third-order valence-electron chi connectivity index (χ3n) is 6.67. The van der Waals surface area contributed by atoms with Crippen LogP contribution in [-0.4, -0.2) is 49.3 Å². The molecule has 1 N–H and O–H groups in total. The maximum Gasteiger partial charge on any atom is 0.277 e. The number of fused-ring (bicyclic) bond motifs is 2. The van der Waals surface area contributed by atoms with Crippen LogP contribution in [-0.2, 0) is 22.6 Å². The second-order valence-corrected chi connectivity index (χ2v) is 8.88. The average Bonchev–Trinajstić information content (AvgIpc) is 3.52. The minimum Gasteiger partial charge on any atom is -0.338 e. The molecule has 3 aliphatic rings. The first-order valence-corrected chi connectivity index (χ1v) is 11.3. The van der Waals surface area contributed by atoms with Gasteiger partial charge in [0, 0.05) is 37.9 Å². The van der Waals surface area contributed by atoms with Crippen LogP contribution < -0.4 is 5.56 Å². The van der Waals surface area contributed by atoms with E-state index in [1.807, 2.05) is 17.9 Å². The van der Waals surface area contributed by atoms with Crippen LogP contribution in [0.1, 0.15) is 74.9 Å². The second-order valence-electron chi connectivity index (χ2n) is 8.88. The van der Waals surface area contributed by atoms with Crippen molar-refractivity contribution in [1.29, 1.82) is 0 Å². The third kappa shape index (κ3) is 3.32. The lowest BCUT2D eigenvalue weighted by atomic mass is 9.98. The molecule has 2 aliphatic heterocycles. The zero-order valence-electron chi connectivity index (χ0n) is 17.5. The summed E-state index contributed by atoms with van der Waals surface area (Å²) in [5.41, 5.74) is 2.75. The normalized spacial score (nSPS) is 21.7. The van der Waals surface area contributed by atoms with E-state index in [0.717, 1.165) is 56.5 Å². The lowest BCUT2D eigenvalue weighted by Gasteiger charge is -2.35. The third-order valence-corrected chi connectivity index (χ3v) is 6.67. The fraction of sp³-hybridized carbons (Fsp3) is 0.636. The molecule has 2 aromatic rings. The van der Waals surface area contributed by atoms with Gasteiger partial charge in [-0.3, -0.25) is 19.5 Å². The van der Waals surface area contributed by atoms with Gasteiger partial charge in [0.1, 0.15) is 0 Å². The molecule has 0 radical (unpaired) electrons. The first-order valence-electron chi connectivity index (χ1n) is 11.3. The fourth-order valence-corrected chi connectivity index (χ4v) is 4.84. The van der Waals surface area contributed by atoms with Crippen molar-refractivity contribution in [1.82, 2.24) is 24.4 Å². The number of rotatable bonds is 4. The van der Waals surface area contributed by atoms with E-state index in [4.69, 9.17) is 4.98 Å². The number of piperidine rings is 1. The van der Waals surface area contributed by atoms with Gasteiger partial charge in [0.15, 0.2) is 5.65 Å². The lowest BCUT2D eigenvalue weighted by molar-refractivity contribution is -0.136. The second kappa shape index (κ2) is 7.56. The van der Waals surface area contributed by atoms with Crippen LogP contribution in [0.25, 0.3) is 5.65 Å². The molecule has 2 amide bonds. The molecule has 2 aromatic heterocycles. The molecule has 30 heavy (non-hydrogen) atoms. The number of carbonyl (C=O) groups excluding carboxylic acids is 2. The molecule has 1 saturated heterocycles. The summed E-state index contributed by atoms with van der Waals surface area (Å²) in [7, 11) is 0. The zero-order valence-corrected chi connectivity index (χ0v) is 17.5. The smallest absolute Gasteiger partial charge is 0.277 e. The highest BCUT2D eigenvalue weighted by molar-refractivity contribution is 5.81. The Hall–Kier alpha value is -2.64. The highest BCUT2D eigenvalue weighted by atomic mass is 16.2. The number of hydrogen-bond acceptors (Lipinski definition) is 4. The van der Waals surface area contributed by atoms with Gasteiger partial charge in [0.25, 0.3) is 5.56 Å². The van der Waals surface area contributed by atoms with Crippen molar-refractivity contribution in [2.45, 2.75) is 70.9 Å². The van der Waals surface area contributed by atoms with E-state index in [2.05, 4.69) is 5.10 Å². The van der Waals surface area contributed by atoms with Crippen molar-refractivity contribution in [3.8, 4) is 0 Å². The molecule has 0 unspecified atom stereocenters. The number of carbonyl (C=O) groups is 2. The Balaban J connectivity index is 1.48. The van der Waals surface area contributed by atoms with Crippen molar-refractivity contribution in [3.05, 3.63) is 33.4 Å². The minimum absolute atomic E-state index is 0.0207. The standard InChI is InChI=1S/C22H29N5O3/c1-2-5-20(28)25-11-9-16-15(13-25)22(30)27-19(23-16)12-17(24-27)18-6-3-4-10-26(18)21(29)14-7-8-14/h12,14,18,24H,2-11,13H2,1H3/t18-/m1/s1. The Morgan fingerprint density at radius 3 is 2.80 bits per heavy atom. The van der Waals surface area contributed by atoms with Crippen molar-refractivity contribution in [2.75, 3.05) is 13.1 Å². The monoisotopic (exact) mass is 411 g/mol. The summed E-state index contributed by atoms with van der Waals surface area (Å²) in [6.45, 7) is 3.70. The SMILES string of the molecule is CCCC(=O)N1CCc2nc3cc([C@H]4CCCCN4C(=O)C4CC4)[nH]n3c(=O)c2C1. The van der Waals surface area contributed by atoms with Crippen LogP contribution >= 0.6 is 0 Å². The molecule has 5 rings (SSSR count). The van der Waals surface area contributed by atoms with Gasteiger partial charge in [-0.1, -0.05) is 6.92 Å². The van der Waals surface area contributed by atoms with Gasteiger partial charge < -0.3 is 9.80 Å². The van der Waals surface area contributed by atoms with E-state index in [1.54, 1.807) is 4.90 Å². The Kier molecular flexibility index (Phi) is 4.87. The number of aromatic nitrogens is 3. The molecule has 0 aromatic carbocycles. The highest BCUT2D eigenvalue weighted by Gasteiger charge is 2.38. The van der Waals surface area contributed by atoms with Gasteiger partial charge in [-0.25, -0.2) is 9.50 Å². The molecule has 0 spiro atoms. The molecule has 1 atom stereocenters. The summed E-state index contributed by atoms with van der Waals surface area (Å²) in [4.78, 5) is 46.8. The summed E-state index contributed by atoms with van der Waals surface area (Å²) in [5, 5.41) is 3.24. The molecule has 8 nitrogen and oxygen atoms in total. The van der Waals surface area contributed by atoms with E-state index in [0.29, 0.717) is 37.1 Å². The summed E-state index contributed by atoms with van der Waals surface area (Å²) in [6, 6.07) is 1.91. The molecular formula is C22H29N5O3. The molecule has 4 heterocycles. The van der Waals surface area contributed by atoms with Crippen LogP contribution in [0.4, 0.5) is 0 Å². The van der Waals surface area contributed by atoms with E-state index >= 15 is 0 Å². The topological polar surface area (TPSA) is 90.8 Å². The predicted octanol–water partition coefficient (Wildman–Crippen LogP) is 2.17. The Morgan fingerprint density at radius 2 is 2.03 bits per heavy atom. The van der Waals surface area contributed by atoms with Gasteiger partial charge in [0.05, 0.1) is 29.5 Å². The summed E-state index contributed by atoms with van der Waals surface area (Å²) >= 11 is 0. The quantitative estimate of drug-likeness (QED) is 0.835. The number of hydrogen-bond donors (Lipinski definition) is 1. The Labute approximate surface area is 175 Å². The summed E-state index contributed by atoms with van der Waals surface area (Å²) in [5.74, 6) is 0.536. The Morgan fingerprint density at radius 1 is 1.20 bits per heavy atom. The first kappa shape index (κ1) is 19.3. The van der Waals surface area contributed by atoms with Gasteiger partial charge in [-0.2, -0.15) is 0 Å². The zero-order chi connectivity index (χ0) is 20.8. The summed E-state index contributed by atoms with van der Waals surface area (Å²) < 4.78 is 1.50. The van der Waals surface area contributed by atoms with Crippen LogP contribution in [0, 0.1) is 5.92 Å². The summed E-state index contributed by atoms with van der Waals surface area (Å²) in [6.07, 6.45) is 6.91. The van der Waals surface area contributed by atoms with Gasteiger partial charge >= 0.3 is 0 Å².